The van der Waals surface area contributed by atoms with Crippen molar-refractivity contribution in [2.75, 3.05) is 5.32 Å². The van der Waals surface area contributed by atoms with Crippen molar-refractivity contribution in [3.8, 4) is 0 Å². The summed E-state index contributed by atoms with van der Waals surface area (Å²) in [4.78, 5) is 25.8. The SMILES string of the molecule is CCCCn1c(=O)c2ccccc2n2c(SC(C)C(=O)Nc3cccc(C(F)(F)F)c3)nnc12. The number of rotatable bonds is 7. The Morgan fingerprint density at radius 3 is 2.65 bits per heavy atom. The lowest BCUT2D eigenvalue weighted by Gasteiger charge is -2.14. The number of para-hydroxylation sites is 1. The number of aromatic nitrogens is 4. The average Bonchev–Trinajstić information content (AvgIpc) is 3.22. The molecular formula is C23H22F3N5O2S. The molecule has 0 spiro atoms. The predicted molar refractivity (Wildman–Crippen MR) is 125 cm³/mol. The van der Waals surface area contributed by atoms with E-state index in [1.807, 2.05) is 6.92 Å². The van der Waals surface area contributed by atoms with E-state index in [4.69, 9.17) is 0 Å². The predicted octanol–water partition coefficient (Wildman–Crippen LogP) is 4.98. The summed E-state index contributed by atoms with van der Waals surface area (Å²) in [6, 6.07) is 11.6. The van der Waals surface area contributed by atoms with E-state index < -0.39 is 22.9 Å². The van der Waals surface area contributed by atoms with Crippen LogP contribution in [0.25, 0.3) is 16.7 Å². The molecule has 11 heteroatoms. The van der Waals surface area contributed by atoms with Crippen molar-refractivity contribution in [2.24, 2.45) is 0 Å². The summed E-state index contributed by atoms with van der Waals surface area (Å²) in [5, 5.41) is 11.2. The first-order valence-electron chi connectivity index (χ1n) is 10.7. The number of carbonyl (C=O) groups excluding carboxylic acids is 1. The minimum atomic E-state index is -4.50. The van der Waals surface area contributed by atoms with Gasteiger partial charge < -0.3 is 5.32 Å². The zero-order valence-electron chi connectivity index (χ0n) is 18.5. The molecule has 1 amide bonds. The van der Waals surface area contributed by atoms with E-state index in [-0.39, 0.29) is 11.2 Å². The summed E-state index contributed by atoms with van der Waals surface area (Å²) in [5.74, 6) is -0.102. The molecule has 1 unspecified atom stereocenters. The number of amides is 1. The van der Waals surface area contributed by atoms with Crippen molar-refractivity contribution >= 4 is 40.0 Å². The standard InChI is InChI=1S/C23H22F3N5O2S/c1-3-4-12-30-20(33)17-10-5-6-11-18(17)31-21(30)28-29-22(31)34-14(2)19(32)27-16-9-7-8-15(13-16)23(24,25)26/h5-11,13-14H,3-4,12H2,1-2H3,(H,27,32). The smallest absolute Gasteiger partial charge is 0.325 e. The quantitative estimate of drug-likeness (QED) is 0.370. The molecule has 7 nitrogen and oxygen atoms in total. The van der Waals surface area contributed by atoms with Crippen LogP contribution in [0.2, 0.25) is 0 Å². The molecular weight excluding hydrogens is 467 g/mol. The summed E-state index contributed by atoms with van der Waals surface area (Å²) < 4.78 is 42.2. The maximum Gasteiger partial charge on any atom is 0.416 e. The van der Waals surface area contributed by atoms with Gasteiger partial charge in [0, 0.05) is 12.2 Å². The lowest BCUT2D eigenvalue weighted by molar-refractivity contribution is -0.137. The average molecular weight is 490 g/mol. The highest BCUT2D eigenvalue weighted by Crippen LogP contribution is 2.31. The fourth-order valence-corrected chi connectivity index (χ4v) is 4.41. The van der Waals surface area contributed by atoms with Crippen molar-refractivity contribution in [2.45, 2.75) is 49.8 Å². The Bertz CT molecular complexity index is 1410. The molecule has 1 atom stereocenters. The largest absolute Gasteiger partial charge is 0.416 e. The first-order valence-corrected chi connectivity index (χ1v) is 11.6. The second kappa shape index (κ2) is 9.49. The maximum atomic E-state index is 13.0. The van der Waals surface area contributed by atoms with Gasteiger partial charge in [-0.2, -0.15) is 13.2 Å². The lowest BCUT2D eigenvalue weighted by Crippen LogP contribution is -2.24. The van der Waals surface area contributed by atoms with Crippen LogP contribution in [0.3, 0.4) is 0 Å². The summed E-state index contributed by atoms with van der Waals surface area (Å²) in [7, 11) is 0. The maximum absolute atomic E-state index is 13.0. The molecule has 0 aliphatic heterocycles. The third kappa shape index (κ3) is 4.65. The van der Waals surface area contributed by atoms with Crippen molar-refractivity contribution in [3.63, 3.8) is 0 Å². The third-order valence-corrected chi connectivity index (χ3v) is 6.37. The second-order valence-corrected chi connectivity index (χ2v) is 9.08. The number of thioether (sulfide) groups is 1. The fraction of sp³-hybridized carbons (Fsp3) is 0.304. The molecule has 1 N–H and O–H groups in total. The van der Waals surface area contributed by atoms with Crippen LogP contribution in [0.4, 0.5) is 18.9 Å². The highest BCUT2D eigenvalue weighted by molar-refractivity contribution is 8.00. The first kappa shape index (κ1) is 23.8. The number of carbonyl (C=O) groups is 1. The Hall–Kier alpha value is -3.34. The van der Waals surface area contributed by atoms with E-state index in [1.54, 1.807) is 40.2 Å². The number of halogens is 3. The number of benzene rings is 2. The molecule has 2 aromatic heterocycles. The monoisotopic (exact) mass is 489 g/mol. The number of nitrogens with one attached hydrogen (secondary N) is 1. The Balaban J connectivity index is 1.65. The molecule has 2 aromatic carbocycles. The molecule has 0 bridgehead atoms. The number of hydrogen-bond acceptors (Lipinski definition) is 5. The Labute approximate surface area is 197 Å². The van der Waals surface area contributed by atoms with E-state index in [0.29, 0.717) is 28.4 Å². The van der Waals surface area contributed by atoms with Gasteiger partial charge in [0.25, 0.3) is 5.56 Å². The molecule has 0 aliphatic carbocycles. The highest BCUT2D eigenvalue weighted by Gasteiger charge is 2.30. The van der Waals surface area contributed by atoms with Gasteiger partial charge in [0.2, 0.25) is 11.7 Å². The van der Waals surface area contributed by atoms with Gasteiger partial charge in [-0.25, -0.2) is 0 Å². The van der Waals surface area contributed by atoms with Gasteiger partial charge in [-0.3, -0.25) is 18.6 Å². The Kier molecular flexibility index (Phi) is 6.65. The number of unbranched alkanes of at least 4 members (excludes halogenated alkanes) is 1. The van der Waals surface area contributed by atoms with Gasteiger partial charge in [-0.15, -0.1) is 10.2 Å². The van der Waals surface area contributed by atoms with Crippen LogP contribution in [0.15, 0.2) is 58.5 Å². The van der Waals surface area contributed by atoms with Crippen LogP contribution >= 0.6 is 11.8 Å². The molecule has 0 aliphatic rings. The van der Waals surface area contributed by atoms with Gasteiger partial charge in [-0.1, -0.05) is 43.3 Å². The first-order chi connectivity index (χ1) is 16.2. The molecule has 4 rings (SSSR count). The minimum absolute atomic E-state index is 0.0530. The van der Waals surface area contributed by atoms with Gasteiger partial charge in [0.1, 0.15) is 0 Å². The minimum Gasteiger partial charge on any atom is -0.325 e. The van der Waals surface area contributed by atoms with E-state index in [1.165, 1.54) is 12.1 Å². The normalized spacial score (nSPS) is 12.9. The van der Waals surface area contributed by atoms with Gasteiger partial charge in [-0.05, 0) is 43.7 Å². The topological polar surface area (TPSA) is 81.3 Å². The van der Waals surface area contributed by atoms with Gasteiger partial charge in [0.15, 0.2) is 5.16 Å². The van der Waals surface area contributed by atoms with Crippen molar-refractivity contribution in [3.05, 3.63) is 64.4 Å². The van der Waals surface area contributed by atoms with Crippen LogP contribution in [-0.2, 0) is 17.5 Å². The van der Waals surface area contributed by atoms with Crippen LogP contribution in [0.1, 0.15) is 32.3 Å². The molecule has 0 saturated carbocycles. The molecule has 0 saturated heterocycles. The van der Waals surface area contributed by atoms with Gasteiger partial charge >= 0.3 is 6.18 Å². The number of hydrogen-bond donors (Lipinski definition) is 1. The molecule has 34 heavy (non-hydrogen) atoms. The van der Waals surface area contributed by atoms with Crippen molar-refractivity contribution in [1.29, 1.82) is 0 Å². The van der Waals surface area contributed by atoms with Crippen LogP contribution < -0.4 is 10.9 Å². The number of aryl methyl sites for hydroxylation is 1. The van der Waals surface area contributed by atoms with Gasteiger partial charge in [0.05, 0.1) is 21.7 Å². The van der Waals surface area contributed by atoms with Crippen LogP contribution in [0.5, 0.6) is 0 Å². The zero-order chi connectivity index (χ0) is 24.5. The molecule has 2 heterocycles. The molecule has 178 valence electrons. The molecule has 0 fully saturated rings. The Morgan fingerprint density at radius 2 is 1.91 bits per heavy atom. The molecule has 0 radical (unpaired) electrons. The van der Waals surface area contributed by atoms with E-state index in [2.05, 4.69) is 15.5 Å². The highest BCUT2D eigenvalue weighted by atomic mass is 32.2. The number of fused-ring (bicyclic) bond motifs is 3. The fourth-order valence-electron chi connectivity index (χ4n) is 3.56. The van der Waals surface area contributed by atoms with Crippen LogP contribution in [-0.4, -0.2) is 30.3 Å². The van der Waals surface area contributed by atoms with E-state index in [0.717, 1.165) is 36.7 Å². The second-order valence-electron chi connectivity index (χ2n) is 7.77. The lowest BCUT2D eigenvalue weighted by atomic mass is 10.2. The zero-order valence-corrected chi connectivity index (χ0v) is 19.3. The number of anilines is 1. The van der Waals surface area contributed by atoms with Crippen molar-refractivity contribution < 1.29 is 18.0 Å². The summed E-state index contributed by atoms with van der Waals surface area (Å²) >= 11 is 1.11. The van der Waals surface area contributed by atoms with Crippen molar-refractivity contribution in [1.82, 2.24) is 19.2 Å². The number of alkyl halides is 3. The molecule has 4 aromatic rings. The Morgan fingerprint density at radius 1 is 1.15 bits per heavy atom. The van der Waals surface area contributed by atoms with E-state index in [9.17, 15) is 22.8 Å². The van der Waals surface area contributed by atoms with Crippen LogP contribution in [0, 0.1) is 0 Å². The summed E-state index contributed by atoms with van der Waals surface area (Å²) in [5.41, 5.74) is -0.327. The summed E-state index contributed by atoms with van der Waals surface area (Å²) in [6.07, 6.45) is -2.82. The third-order valence-electron chi connectivity index (χ3n) is 5.32. The van der Waals surface area contributed by atoms with E-state index >= 15 is 0 Å². The summed E-state index contributed by atoms with van der Waals surface area (Å²) in [6.45, 7) is 4.14. The number of nitrogens with zero attached hydrogens (tertiary/aromatic N) is 4.